The molecule has 0 aromatic heterocycles. The molecule has 0 aliphatic rings. The molecule has 0 aromatic rings. The van der Waals surface area contributed by atoms with E-state index in [1.165, 1.54) is 6.92 Å². The zero-order chi connectivity index (χ0) is 8.15. The van der Waals surface area contributed by atoms with Crippen LogP contribution in [-0.2, 0) is 19.1 Å². The Balaban J connectivity index is 0. The molecule has 0 saturated heterocycles. The van der Waals surface area contributed by atoms with Crippen molar-refractivity contribution in [1.29, 1.82) is 0 Å². The molecule has 0 unspecified atom stereocenters. The summed E-state index contributed by atoms with van der Waals surface area (Å²) in [4.78, 5) is 30.7. The fourth-order valence-electron chi connectivity index (χ4n) is 0.269. The van der Waals surface area contributed by atoms with E-state index in [0.29, 0.717) is 0 Å². The van der Waals surface area contributed by atoms with E-state index < -0.39 is 24.1 Å². The molecule has 0 fully saturated rings. The van der Waals surface area contributed by atoms with Gasteiger partial charge in [-0.2, -0.15) is 0 Å². The first kappa shape index (κ1) is 13.4. The Hall–Kier alpha value is -0.190. The summed E-state index contributed by atoms with van der Waals surface area (Å²) in [5.74, 6) is -1.84. The Bertz CT molecular complexity index is 175. The van der Waals surface area contributed by atoms with Crippen molar-refractivity contribution in [1.82, 2.24) is 0 Å². The second-order valence-corrected chi connectivity index (χ2v) is 1.76. The van der Waals surface area contributed by atoms with Gasteiger partial charge < -0.3 is 4.74 Å². The molecular weight excluding hydrogens is 159 g/mol. The van der Waals surface area contributed by atoms with Gasteiger partial charge in [0.25, 0.3) is 0 Å². The van der Waals surface area contributed by atoms with Gasteiger partial charge in [-0.15, -0.1) is 0 Å². The molecule has 4 nitrogen and oxygen atoms in total. The molecule has 0 amide bonds. The zero-order valence-electron chi connectivity index (χ0n) is 5.84. The topological polar surface area (TPSA) is 60.4 Å². The Morgan fingerprint density at radius 3 is 1.91 bits per heavy atom. The molecular formula is C6H9NaO4. The van der Waals surface area contributed by atoms with Gasteiger partial charge in [-0.3, -0.25) is 14.4 Å². The van der Waals surface area contributed by atoms with E-state index in [0.717, 1.165) is 6.92 Å². The average molecular weight is 168 g/mol. The standard InChI is InChI=1S/C6H8O4.Na.H/c1-4(7)6(9)3-10-5(2)8;;/h3H2,1-2H3;;. The Labute approximate surface area is 86.6 Å². The third-order valence-corrected chi connectivity index (χ3v) is 0.799. The minimum atomic E-state index is -0.685. The normalized spacial score (nSPS) is 7.82. The van der Waals surface area contributed by atoms with E-state index in [1.54, 1.807) is 0 Å². The molecule has 0 rings (SSSR count). The summed E-state index contributed by atoms with van der Waals surface area (Å²) in [6, 6.07) is 0. The van der Waals surface area contributed by atoms with Crippen LogP contribution in [0.5, 0.6) is 0 Å². The van der Waals surface area contributed by atoms with Crippen LogP contribution in [0.2, 0.25) is 0 Å². The van der Waals surface area contributed by atoms with E-state index in [4.69, 9.17) is 0 Å². The van der Waals surface area contributed by atoms with E-state index in [-0.39, 0.29) is 29.6 Å². The monoisotopic (exact) mass is 168 g/mol. The van der Waals surface area contributed by atoms with Crippen LogP contribution >= 0.6 is 0 Å². The van der Waals surface area contributed by atoms with E-state index >= 15 is 0 Å². The van der Waals surface area contributed by atoms with Crippen LogP contribution in [0.15, 0.2) is 0 Å². The van der Waals surface area contributed by atoms with Crippen molar-refractivity contribution in [3.8, 4) is 0 Å². The maximum absolute atomic E-state index is 10.4. The van der Waals surface area contributed by atoms with Crippen LogP contribution in [0.4, 0.5) is 0 Å². The number of Topliss-reactive ketones (excluding diaryl/α,β-unsaturated/α-hetero) is 2. The summed E-state index contributed by atoms with van der Waals surface area (Å²) in [7, 11) is 0. The Kier molecular flexibility index (Phi) is 7.94. The first-order chi connectivity index (χ1) is 4.54. The first-order valence-electron chi connectivity index (χ1n) is 2.71. The van der Waals surface area contributed by atoms with Crippen LogP contribution in [0.1, 0.15) is 13.8 Å². The molecule has 0 aliphatic carbocycles. The number of hydrogen-bond donors (Lipinski definition) is 0. The number of esters is 1. The summed E-state index contributed by atoms with van der Waals surface area (Å²) in [5, 5.41) is 0. The molecule has 0 spiro atoms. The molecule has 58 valence electrons. The van der Waals surface area contributed by atoms with Gasteiger partial charge in [-0.25, -0.2) is 0 Å². The van der Waals surface area contributed by atoms with E-state index in [9.17, 15) is 14.4 Å². The van der Waals surface area contributed by atoms with Crippen LogP contribution < -0.4 is 0 Å². The van der Waals surface area contributed by atoms with Gasteiger partial charge in [0.1, 0.15) is 0 Å². The molecule has 0 aromatic carbocycles. The first-order valence-corrected chi connectivity index (χ1v) is 2.71. The molecule has 0 atom stereocenters. The third-order valence-electron chi connectivity index (χ3n) is 0.799. The predicted molar refractivity (Wildman–Crippen MR) is 39.5 cm³/mol. The average Bonchev–Trinajstić information content (AvgIpc) is 1.82. The molecule has 11 heavy (non-hydrogen) atoms. The van der Waals surface area contributed by atoms with Crippen molar-refractivity contribution in [2.24, 2.45) is 0 Å². The number of carbonyl (C=O) groups is 3. The van der Waals surface area contributed by atoms with Gasteiger partial charge in [-0.1, -0.05) is 0 Å². The van der Waals surface area contributed by atoms with Gasteiger partial charge in [0.15, 0.2) is 12.4 Å². The summed E-state index contributed by atoms with van der Waals surface area (Å²) in [5.41, 5.74) is 0. The number of hydrogen-bond acceptors (Lipinski definition) is 4. The van der Waals surface area contributed by atoms with Gasteiger partial charge >= 0.3 is 35.5 Å². The molecule has 0 N–H and O–H groups in total. The summed E-state index contributed by atoms with van der Waals surface area (Å²) >= 11 is 0. The van der Waals surface area contributed by atoms with E-state index in [1.807, 2.05) is 0 Å². The Morgan fingerprint density at radius 1 is 1.18 bits per heavy atom. The quantitative estimate of drug-likeness (QED) is 0.310. The number of ketones is 2. The zero-order valence-corrected chi connectivity index (χ0v) is 5.84. The molecule has 0 radical (unpaired) electrons. The van der Waals surface area contributed by atoms with Crippen molar-refractivity contribution in [2.45, 2.75) is 13.8 Å². The SMILES string of the molecule is CC(=O)OCC(=O)C(C)=O.[NaH]. The van der Waals surface area contributed by atoms with Gasteiger partial charge in [0, 0.05) is 13.8 Å². The molecule has 0 heterocycles. The molecule has 5 heteroatoms. The van der Waals surface area contributed by atoms with Crippen molar-refractivity contribution >= 4 is 47.1 Å². The van der Waals surface area contributed by atoms with Crippen LogP contribution in [0.3, 0.4) is 0 Å². The molecule has 0 bridgehead atoms. The third kappa shape index (κ3) is 7.71. The fourth-order valence-corrected chi connectivity index (χ4v) is 0.269. The minimum absolute atomic E-state index is 0. The summed E-state index contributed by atoms with van der Waals surface area (Å²) in [6.07, 6.45) is 0. The maximum atomic E-state index is 10.4. The van der Waals surface area contributed by atoms with Crippen LogP contribution in [0, 0.1) is 0 Å². The molecule has 0 saturated carbocycles. The Morgan fingerprint density at radius 2 is 1.64 bits per heavy atom. The summed E-state index contributed by atoms with van der Waals surface area (Å²) in [6.45, 7) is 1.86. The number of ether oxygens (including phenoxy) is 1. The van der Waals surface area contributed by atoms with Crippen molar-refractivity contribution in [3.63, 3.8) is 0 Å². The van der Waals surface area contributed by atoms with Crippen LogP contribution in [0.25, 0.3) is 0 Å². The van der Waals surface area contributed by atoms with Gasteiger partial charge in [0.05, 0.1) is 0 Å². The second kappa shape index (κ2) is 6.52. The van der Waals surface area contributed by atoms with Gasteiger partial charge in [0.2, 0.25) is 5.78 Å². The van der Waals surface area contributed by atoms with Crippen molar-refractivity contribution in [2.75, 3.05) is 6.61 Å². The van der Waals surface area contributed by atoms with E-state index in [2.05, 4.69) is 4.74 Å². The number of carbonyl (C=O) groups excluding carboxylic acids is 3. The molecule has 0 aliphatic heterocycles. The van der Waals surface area contributed by atoms with Crippen molar-refractivity contribution < 1.29 is 19.1 Å². The van der Waals surface area contributed by atoms with Crippen molar-refractivity contribution in [3.05, 3.63) is 0 Å². The fraction of sp³-hybridized carbons (Fsp3) is 0.500. The van der Waals surface area contributed by atoms with Crippen LogP contribution in [-0.4, -0.2) is 53.7 Å². The second-order valence-electron chi connectivity index (χ2n) is 1.76. The van der Waals surface area contributed by atoms with Gasteiger partial charge in [-0.05, 0) is 0 Å². The predicted octanol–water partition coefficient (Wildman–Crippen LogP) is -0.941. The summed E-state index contributed by atoms with van der Waals surface area (Å²) < 4.78 is 4.26. The number of rotatable bonds is 3.